The Balaban J connectivity index is 1.97. The molecule has 0 saturated carbocycles. The molecule has 0 aliphatic carbocycles. The van der Waals surface area contributed by atoms with Gasteiger partial charge >= 0.3 is 0 Å². The Kier molecular flexibility index (Phi) is 5.28. The molecule has 0 aliphatic rings. The zero-order valence-electron chi connectivity index (χ0n) is 12.2. The van der Waals surface area contributed by atoms with Gasteiger partial charge in [0, 0.05) is 22.2 Å². The number of para-hydroxylation sites is 1. The summed E-state index contributed by atoms with van der Waals surface area (Å²) in [6, 6.07) is 17.1. The molecule has 0 saturated heterocycles. The van der Waals surface area contributed by atoms with Crippen molar-refractivity contribution in [1.29, 1.82) is 0 Å². The lowest BCUT2D eigenvalue weighted by molar-refractivity contribution is -0.115. The fourth-order valence-electron chi connectivity index (χ4n) is 1.98. The molecule has 4 heteroatoms. The fourth-order valence-corrected chi connectivity index (χ4v) is 3.03. The molecule has 1 N–H and O–H groups in total. The van der Waals surface area contributed by atoms with Crippen LogP contribution >= 0.6 is 0 Å². The van der Waals surface area contributed by atoms with Gasteiger partial charge in [-0.2, -0.15) is 0 Å². The molecule has 110 valence electrons. The second kappa shape index (κ2) is 7.18. The number of aryl methyl sites for hydroxylation is 1. The summed E-state index contributed by atoms with van der Waals surface area (Å²) in [5.74, 6) is 0.178. The van der Waals surface area contributed by atoms with Crippen LogP contribution in [0.4, 0.5) is 5.69 Å². The van der Waals surface area contributed by atoms with Crippen molar-refractivity contribution in [2.24, 2.45) is 0 Å². The SMILES string of the molecule is Cc1cccc(C[S@@](=O)[C@@H](C)C(=O)Nc2ccccc2)c1. The standard InChI is InChI=1S/C17H19NO2S/c1-13-7-6-8-15(11-13)12-21(20)14(2)17(19)18-16-9-4-3-5-10-16/h3-11,14H,12H2,1-2H3,(H,18,19)/t14-,21+/m0/s1. The van der Waals surface area contributed by atoms with E-state index in [1.165, 1.54) is 0 Å². The van der Waals surface area contributed by atoms with Crippen molar-refractivity contribution in [3.63, 3.8) is 0 Å². The van der Waals surface area contributed by atoms with E-state index in [1.807, 2.05) is 61.5 Å². The number of hydrogen-bond acceptors (Lipinski definition) is 2. The van der Waals surface area contributed by atoms with Crippen molar-refractivity contribution in [3.05, 3.63) is 65.7 Å². The molecular weight excluding hydrogens is 282 g/mol. The van der Waals surface area contributed by atoms with Gasteiger partial charge in [-0.25, -0.2) is 0 Å². The number of carbonyl (C=O) groups excluding carboxylic acids is 1. The normalized spacial score (nSPS) is 13.4. The first-order valence-corrected chi connectivity index (χ1v) is 8.23. The van der Waals surface area contributed by atoms with E-state index in [1.54, 1.807) is 6.92 Å². The van der Waals surface area contributed by atoms with Gasteiger partial charge in [-0.3, -0.25) is 9.00 Å². The molecule has 2 atom stereocenters. The lowest BCUT2D eigenvalue weighted by Gasteiger charge is -2.12. The number of nitrogens with one attached hydrogen (secondary N) is 1. The van der Waals surface area contributed by atoms with Gasteiger partial charge in [0.2, 0.25) is 5.91 Å². The first-order chi connectivity index (χ1) is 10.1. The minimum atomic E-state index is -1.24. The van der Waals surface area contributed by atoms with Crippen LogP contribution in [-0.4, -0.2) is 15.4 Å². The topological polar surface area (TPSA) is 46.2 Å². The first-order valence-electron chi connectivity index (χ1n) is 6.85. The van der Waals surface area contributed by atoms with E-state index in [0.29, 0.717) is 5.75 Å². The first kappa shape index (κ1) is 15.4. The van der Waals surface area contributed by atoms with Crippen LogP contribution in [0.2, 0.25) is 0 Å². The van der Waals surface area contributed by atoms with E-state index in [0.717, 1.165) is 16.8 Å². The molecule has 0 radical (unpaired) electrons. The van der Waals surface area contributed by atoms with Crippen molar-refractivity contribution in [2.45, 2.75) is 24.9 Å². The summed E-state index contributed by atoms with van der Waals surface area (Å²) in [5.41, 5.74) is 2.85. The Morgan fingerprint density at radius 3 is 2.52 bits per heavy atom. The zero-order chi connectivity index (χ0) is 15.2. The third kappa shape index (κ3) is 4.53. The molecule has 2 aromatic carbocycles. The van der Waals surface area contributed by atoms with Crippen LogP contribution in [0.15, 0.2) is 54.6 Å². The second-order valence-electron chi connectivity index (χ2n) is 5.01. The molecule has 0 aromatic heterocycles. The molecule has 0 unspecified atom stereocenters. The molecular formula is C17H19NO2S. The highest BCUT2D eigenvalue weighted by atomic mass is 32.2. The van der Waals surface area contributed by atoms with E-state index in [4.69, 9.17) is 0 Å². The average molecular weight is 301 g/mol. The summed E-state index contributed by atoms with van der Waals surface area (Å²) in [6.07, 6.45) is 0. The molecule has 2 rings (SSSR count). The van der Waals surface area contributed by atoms with Gasteiger partial charge in [-0.15, -0.1) is 0 Å². The van der Waals surface area contributed by atoms with Crippen LogP contribution in [0.25, 0.3) is 0 Å². The van der Waals surface area contributed by atoms with Crippen LogP contribution < -0.4 is 5.32 Å². The minimum Gasteiger partial charge on any atom is -0.325 e. The summed E-state index contributed by atoms with van der Waals surface area (Å²) in [6.45, 7) is 3.70. The monoisotopic (exact) mass is 301 g/mol. The highest BCUT2D eigenvalue weighted by molar-refractivity contribution is 7.85. The Bertz CT molecular complexity index is 640. The maximum atomic E-state index is 12.3. The second-order valence-corrected chi connectivity index (χ2v) is 6.77. The number of anilines is 1. The van der Waals surface area contributed by atoms with Gasteiger partial charge in [0.05, 0.1) is 0 Å². The van der Waals surface area contributed by atoms with Crippen molar-refractivity contribution in [2.75, 3.05) is 5.32 Å². The molecule has 3 nitrogen and oxygen atoms in total. The summed E-state index contributed by atoms with van der Waals surface area (Å²) in [7, 11) is -1.24. The van der Waals surface area contributed by atoms with E-state index >= 15 is 0 Å². The van der Waals surface area contributed by atoms with E-state index < -0.39 is 16.0 Å². The van der Waals surface area contributed by atoms with Crippen LogP contribution in [0, 0.1) is 6.92 Å². The number of amides is 1. The minimum absolute atomic E-state index is 0.216. The van der Waals surface area contributed by atoms with Crippen molar-refractivity contribution in [3.8, 4) is 0 Å². The maximum Gasteiger partial charge on any atom is 0.239 e. The molecule has 0 fully saturated rings. The van der Waals surface area contributed by atoms with Gasteiger partial charge in [-0.1, -0.05) is 48.0 Å². The fraction of sp³-hybridized carbons (Fsp3) is 0.235. The van der Waals surface area contributed by atoms with E-state index in [2.05, 4.69) is 5.32 Å². The average Bonchev–Trinajstić information content (AvgIpc) is 2.47. The van der Waals surface area contributed by atoms with Crippen molar-refractivity contribution < 1.29 is 9.00 Å². The van der Waals surface area contributed by atoms with Gasteiger partial charge in [0.1, 0.15) is 5.25 Å². The number of hydrogen-bond donors (Lipinski definition) is 1. The van der Waals surface area contributed by atoms with Crippen LogP contribution in [0.5, 0.6) is 0 Å². The smallest absolute Gasteiger partial charge is 0.239 e. The molecule has 21 heavy (non-hydrogen) atoms. The van der Waals surface area contributed by atoms with Gasteiger partial charge < -0.3 is 5.32 Å². The van der Waals surface area contributed by atoms with Gasteiger partial charge in [0.25, 0.3) is 0 Å². The lowest BCUT2D eigenvalue weighted by atomic mass is 10.2. The third-order valence-corrected chi connectivity index (χ3v) is 4.82. The number of carbonyl (C=O) groups is 1. The molecule has 0 heterocycles. The predicted octanol–water partition coefficient (Wildman–Crippen LogP) is 3.27. The summed E-state index contributed by atoms with van der Waals surface area (Å²) < 4.78 is 12.3. The maximum absolute atomic E-state index is 12.3. The Morgan fingerprint density at radius 2 is 1.86 bits per heavy atom. The number of benzene rings is 2. The van der Waals surface area contributed by atoms with Crippen molar-refractivity contribution in [1.82, 2.24) is 0 Å². The highest BCUT2D eigenvalue weighted by Gasteiger charge is 2.20. The lowest BCUT2D eigenvalue weighted by Crippen LogP contribution is -2.29. The Morgan fingerprint density at radius 1 is 1.14 bits per heavy atom. The largest absolute Gasteiger partial charge is 0.325 e. The predicted molar refractivity (Wildman–Crippen MR) is 87.6 cm³/mol. The van der Waals surface area contributed by atoms with Crippen molar-refractivity contribution >= 4 is 22.4 Å². The quantitative estimate of drug-likeness (QED) is 0.921. The highest BCUT2D eigenvalue weighted by Crippen LogP contribution is 2.12. The summed E-state index contributed by atoms with van der Waals surface area (Å²) in [5, 5.41) is 2.24. The molecule has 0 bridgehead atoms. The third-order valence-electron chi connectivity index (χ3n) is 3.20. The summed E-state index contributed by atoms with van der Waals surface area (Å²) in [4.78, 5) is 12.1. The van der Waals surface area contributed by atoms with Gasteiger partial charge in [0.15, 0.2) is 0 Å². The Hall–Kier alpha value is -1.94. The van der Waals surface area contributed by atoms with Crippen LogP contribution in [-0.2, 0) is 21.3 Å². The molecule has 1 amide bonds. The van der Waals surface area contributed by atoms with Crippen LogP contribution in [0.3, 0.4) is 0 Å². The zero-order valence-corrected chi connectivity index (χ0v) is 13.0. The molecule has 0 aliphatic heterocycles. The number of rotatable bonds is 5. The van der Waals surface area contributed by atoms with Crippen LogP contribution in [0.1, 0.15) is 18.1 Å². The molecule has 0 spiro atoms. The summed E-state index contributed by atoms with van der Waals surface area (Å²) >= 11 is 0. The Labute approximate surface area is 127 Å². The van der Waals surface area contributed by atoms with E-state index in [9.17, 15) is 9.00 Å². The van der Waals surface area contributed by atoms with Gasteiger partial charge in [-0.05, 0) is 31.5 Å². The molecule has 2 aromatic rings. The van der Waals surface area contributed by atoms with E-state index in [-0.39, 0.29) is 5.91 Å².